The van der Waals surface area contributed by atoms with Gasteiger partial charge in [0.1, 0.15) is 0 Å². The van der Waals surface area contributed by atoms with Gasteiger partial charge in [0.15, 0.2) is 0 Å². The number of hydrogen-bond donors (Lipinski definition) is 0. The second-order valence-electron chi connectivity index (χ2n) is 12.5. The quantitative estimate of drug-likeness (QED) is 0.399. The van der Waals surface area contributed by atoms with E-state index in [0.717, 1.165) is 11.1 Å². The van der Waals surface area contributed by atoms with Crippen molar-refractivity contribution in [1.29, 1.82) is 0 Å². The molecule has 0 radical (unpaired) electrons. The molecule has 4 aliphatic rings. The summed E-state index contributed by atoms with van der Waals surface area (Å²) >= 11 is 0. The zero-order chi connectivity index (χ0) is 21.2. The van der Waals surface area contributed by atoms with Crippen molar-refractivity contribution in [3.63, 3.8) is 0 Å². The highest BCUT2D eigenvalue weighted by atomic mass is 28.3. The van der Waals surface area contributed by atoms with E-state index in [4.69, 9.17) is 0 Å². The Bertz CT molecular complexity index is 756. The Morgan fingerprint density at radius 2 is 1.07 bits per heavy atom. The third-order valence-electron chi connectivity index (χ3n) is 8.99. The van der Waals surface area contributed by atoms with Crippen LogP contribution in [0.3, 0.4) is 0 Å². The third kappa shape index (κ3) is 3.40. The fourth-order valence-corrected chi connectivity index (χ4v) is 13.0. The summed E-state index contributed by atoms with van der Waals surface area (Å²) in [5, 5.41) is 0. The maximum atomic E-state index is 2.73. The lowest BCUT2D eigenvalue weighted by atomic mass is 9.80. The lowest BCUT2D eigenvalue weighted by Gasteiger charge is -2.41. The van der Waals surface area contributed by atoms with Gasteiger partial charge in [-0.25, -0.2) is 0 Å². The van der Waals surface area contributed by atoms with Gasteiger partial charge in [0.25, 0.3) is 0 Å². The van der Waals surface area contributed by atoms with Gasteiger partial charge in [-0.1, -0.05) is 88.1 Å². The fourth-order valence-electron chi connectivity index (χ4n) is 7.76. The molecule has 0 heterocycles. The van der Waals surface area contributed by atoms with Gasteiger partial charge in [-0.15, -0.1) is 0 Å². The summed E-state index contributed by atoms with van der Waals surface area (Å²) in [5.74, 6) is 0. The second kappa shape index (κ2) is 7.11. The number of hydrogen-bond acceptors (Lipinski definition) is 0. The molecule has 4 rings (SSSR count). The van der Waals surface area contributed by atoms with Crippen LogP contribution in [0.1, 0.15) is 92.9 Å². The summed E-state index contributed by atoms with van der Waals surface area (Å²) in [7, 11) is -1.60. The first-order chi connectivity index (χ1) is 13.5. The van der Waals surface area contributed by atoms with E-state index >= 15 is 0 Å². The molecule has 0 amide bonds. The van der Waals surface area contributed by atoms with Crippen LogP contribution in [-0.4, -0.2) is 8.07 Å². The van der Waals surface area contributed by atoms with E-state index in [9.17, 15) is 0 Å². The molecule has 160 valence electrons. The van der Waals surface area contributed by atoms with Crippen LogP contribution < -0.4 is 0 Å². The van der Waals surface area contributed by atoms with Crippen molar-refractivity contribution in [2.75, 3.05) is 0 Å². The van der Waals surface area contributed by atoms with Crippen LogP contribution in [0.15, 0.2) is 45.6 Å². The van der Waals surface area contributed by atoms with Crippen molar-refractivity contribution in [2.45, 2.75) is 117 Å². The predicted octanol–water partition coefficient (Wildman–Crippen LogP) is 9.15. The summed E-state index contributed by atoms with van der Waals surface area (Å²) in [6, 6.07) is 0. The van der Waals surface area contributed by atoms with Crippen molar-refractivity contribution in [3.8, 4) is 0 Å². The van der Waals surface area contributed by atoms with Crippen molar-refractivity contribution in [3.05, 3.63) is 45.6 Å². The minimum atomic E-state index is -1.60. The zero-order valence-electron chi connectivity index (χ0n) is 20.5. The average molecular weight is 409 g/mol. The largest absolute Gasteiger partial charge is 0.0713 e. The summed E-state index contributed by atoms with van der Waals surface area (Å²) in [6.45, 7) is 20.4. The Balaban J connectivity index is 1.79. The molecule has 0 saturated carbocycles. The summed E-state index contributed by atoms with van der Waals surface area (Å²) in [4.78, 5) is 0. The fraction of sp³-hybridized carbons (Fsp3) is 0.714. The molecule has 4 aliphatic carbocycles. The highest BCUT2D eigenvalue weighted by Gasteiger charge is 2.50. The monoisotopic (exact) mass is 408 g/mol. The minimum Gasteiger partial charge on any atom is -0.0685 e. The lowest BCUT2D eigenvalue weighted by Crippen LogP contribution is -2.40. The average Bonchev–Trinajstić information content (AvgIpc) is 3.05. The maximum Gasteiger partial charge on any atom is 0.0713 e. The molecule has 0 aliphatic heterocycles. The first-order valence-corrected chi connectivity index (χ1v) is 15.5. The highest BCUT2D eigenvalue weighted by molar-refractivity contribution is 6.83. The Kier molecular flexibility index (Phi) is 5.25. The molecule has 1 heteroatoms. The van der Waals surface area contributed by atoms with Crippen LogP contribution in [0.25, 0.3) is 0 Å². The van der Waals surface area contributed by atoms with Crippen molar-refractivity contribution < 1.29 is 0 Å². The van der Waals surface area contributed by atoms with Crippen LogP contribution in [0, 0.1) is 10.8 Å². The molecule has 0 N–H and O–H groups in total. The molecule has 2 atom stereocenters. The van der Waals surface area contributed by atoms with Gasteiger partial charge in [0.2, 0.25) is 0 Å². The Morgan fingerprint density at radius 1 is 0.690 bits per heavy atom. The van der Waals surface area contributed by atoms with Crippen LogP contribution in [0.4, 0.5) is 0 Å². The first kappa shape index (κ1) is 21.4. The normalized spacial score (nSPS) is 31.7. The molecule has 0 bridgehead atoms. The first-order valence-electron chi connectivity index (χ1n) is 12.3. The molecule has 2 unspecified atom stereocenters. The van der Waals surface area contributed by atoms with Crippen molar-refractivity contribution in [1.82, 2.24) is 0 Å². The van der Waals surface area contributed by atoms with Gasteiger partial charge < -0.3 is 0 Å². The van der Waals surface area contributed by atoms with E-state index in [1.165, 1.54) is 51.4 Å². The topological polar surface area (TPSA) is 0 Å². The van der Waals surface area contributed by atoms with Crippen LogP contribution >= 0.6 is 0 Å². The Labute approximate surface area is 181 Å². The van der Waals surface area contributed by atoms with Gasteiger partial charge in [0.05, 0.1) is 8.07 Å². The molecule has 0 nitrogen and oxygen atoms in total. The zero-order valence-corrected chi connectivity index (χ0v) is 21.5. The predicted molar refractivity (Wildman–Crippen MR) is 131 cm³/mol. The van der Waals surface area contributed by atoms with Crippen molar-refractivity contribution >= 4 is 8.07 Å². The molecule has 0 aromatic heterocycles. The molecule has 0 saturated heterocycles. The maximum absolute atomic E-state index is 2.73. The minimum absolute atomic E-state index is 0.363. The lowest BCUT2D eigenvalue weighted by molar-refractivity contribution is 0.408. The van der Waals surface area contributed by atoms with Gasteiger partial charge in [-0.3, -0.25) is 0 Å². The van der Waals surface area contributed by atoms with Gasteiger partial charge in [-0.2, -0.15) is 0 Å². The number of rotatable bonds is 2. The smallest absolute Gasteiger partial charge is 0.0685 e. The number of allylic oxidation sites excluding steroid dienone is 8. The molecular weight excluding hydrogens is 364 g/mol. The van der Waals surface area contributed by atoms with E-state index in [0.29, 0.717) is 10.8 Å². The van der Waals surface area contributed by atoms with Crippen LogP contribution in [0.5, 0.6) is 0 Å². The standard InChI is InChI=1S/C28H44Si/c1-19-17-23-21(13-9-11-15-27(23,3)4)25(19)29(7,8)26-20(2)18-24-22(26)14-10-12-16-28(24,5)6/h17-18,25-26H,9-16H2,1-8H3. The van der Waals surface area contributed by atoms with Crippen molar-refractivity contribution in [2.24, 2.45) is 10.8 Å². The second-order valence-corrected chi connectivity index (χ2v) is 17.3. The Hall–Kier alpha value is -0.823. The molecule has 0 aromatic carbocycles. The third-order valence-corrected chi connectivity index (χ3v) is 13.6. The molecule has 0 fully saturated rings. The Morgan fingerprint density at radius 3 is 1.45 bits per heavy atom. The summed E-state index contributed by atoms with van der Waals surface area (Å²) in [5.41, 5.74) is 12.8. The van der Waals surface area contributed by atoms with Crippen LogP contribution in [0.2, 0.25) is 24.2 Å². The van der Waals surface area contributed by atoms with Gasteiger partial charge >= 0.3 is 0 Å². The summed E-state index contributed by atoms with van der Waals surface area (Å²) in [6.07, 6.45) is 16.3. The van der Waals surface area contributed by atoms with E-state index in [1.807, 2.05) is 11.1 Å². The van der Waals surface area contributed by atoms with Crippen LogP contribution in [-0.2, 0) is 0 Å². The molecule has 0 spiro atoms. The van der Waals surface area contributed by atoms with E-state index in [-0.39, 0.29) is 0 Å². The molecular formula is C28H44Si. The van der Waals surface area contributed by atoms with E-state index in [2.05, 4.69) is 66.8 Å². The SMILES string of the molecule is CC1=CC2=C(CCCCC2(C)C)C1[Si](C)(C)C1C(C)=CC2=C1CCCCC2(C)C. The summed E-state index contributed by atoms with van der Waals surface area (Å²) < 4.78 is 0. The molecule has 0 aromatic rings. The molecule has 29 heavy (non-hydrogen) atoms. The van der Waals surface area contributed by atoms with E-state index < -0.39 is 8.07 Å². The van der Waals surface area contributed by atoms with Gasteiger partial charge in [-0.05, 0) is 85.4 Å². The highest BCUT2D eigenvalue weighted by Crippen LogP contribution is 2.60. The van der Waals surface area contributed by atoms with Gasteiger partial charge in [0, 0.05) is 0 Å². The van der Waals surface area contributed by atoms with E-state index in [1.54, 1.807) is 22.3 Å².